The predicted molar refractivity (Wildman–Crippen MR) is 210 cm³/mol. The van der Waals surface area contributed by atoms with Crippen molar-refractivity contribution in [1.82, 2.24) is 0 Å². The van der Waals surface area contributed by atoms with Crippen molar-refractivity contribution < 1.29 is 48.8 Å². The van der Waals surface area contributed by atoms with Crippen LogP contribution in [0.2, 0.25) is 0 Å². The number of aliphatic carboxylic acids is 1. The molecule has 2 aromatic carbocycles. The molecule has 2 aliphatic rings. The molecule has 0 amide bonds. The van der Waals surface area contributed by atoms with Crippen molar-refractivity contribution in [3.8, 4) is 0 Å². The van der Waals surface area contributed by atoms with Crippen molar-refractivity contribution >= 4 is 47.7 Å². The number of para-hydroxylation sites is 1. The van der Waals surface area contributed by atoms with Crippen LogP contribution in [0.5, 0.6) is 0 Å². The van der Waals surface area contributed by atoms with Gasteiger partial charge in [-0.3, -0.25) is 18.5 Å². The highest BCUT2D eigenvalue weighted by molar-refractivity contribution is 7.86. The summed E-state index contributed by atoms with van der Waals surface area (Å²) in [4.78, 5) is 15.1. The number of anilines is 2. The highest BCUT2D eigenvalue weighted by Crippen LogP contribution is 2.50. The number of benzene rings is 2. The molecule has 298 valence electrons. The Morgan fingerprint density at radius 2 is 1.39 bits per heavy atom. The van der Waals surface area contributed by atoms with Gasteiger partial charge in [0.15, 0.2) is 0 Å². The standard InChI is InChI=1S/C38H52N2O11S3/c1-37(2)31-28-29(54(49,50)51)21-22-33(31)39(24-12-5-8-20-36(41)42)34(37)18-6-4-7-19-35-38(3,23-11-14-26-52(43,44)45)30-16-9-10-17-32(30)40(35)25-13-15-27-53(46,47)48/h4,6-7,9-10,16-19,21-22,28,35H,5,8,11-15,20,23-27H2,1-3H3,(H,41,42)(H,43,44,45)(H,46,47,48)(H,49,50,51)/b6-4+,19-7+,34-18+. The van der Waals surface area contributed by atoms with Crippen LogP contribution < -0.4 is 9.80 Å². The van der Waals surface area contributed by atoms with E-state index in [4.69, 9.17) is 5.11 Å². The summed E-state index contributed by atoms with van der Waals surface area (Å²) in [7, 11) is -12.6. The van der Waals surface area contributed by atoms with Crippen molar-refractivity contribution in [3.63, 3.8) is 0 Å². The summed E-state index contributed by atoms with van der Waals surface area (Å²) in [5.74, 6) is -1.53. The lowest BCUT2D eigenvalue weighted by Crippen LogP contribution is -2.42. The second-order valence-corrected chi connectivity index (χ2v) is 19.3. The third-order valence-electron chi connectivity index (χ3n) is 10.4. The van der Waals surface area contributed by atoms with Crippen LogP contribution in [0, 0.1) is 0 Å². The number of rotatable bonds is 20. The van der Waals surface area contributed by atoms with E-state index in [0.29, 0.717) is 51.6 Å². The first-order valence-electron chi connectivity index (χ1n) is 18.1. The lowest BCUT2D eigenvalue weighted by Gasteiger charge is -2.35. The van der Waals surface area contributed by atoms with Crippen LogP contribution in [-0.2, 0) is 46.0 Å². The van der Waals surface area contributed by atoms with E-state index in [9.17, 15) is 43.7 Å². The molecule has 0 radical (unpaired) electrons. The maximum Gasteiger partial charge on any atom is 0.303 e. The second-order valence-electron chi connectivity index (χ2n) is 14.8. The van der Waals surface area contributed by atoms with Crippen molar-refractivity contribution in [1.29, 1.82) is 0 Å². The third kappa shape index (κ3) is 11.0. The molecule has 0 bridgehead atoms. The van der Waals surface area contributed by atoms with E-state index < -0.39 is 47.2 Å². The average molecular weight is 809 g/mol. The van der Waals surface area contributed by atoms with Gasteiger partial charge in [0.2, 0.25) is 0 Å². The van der Waals surface area contributed by atoms with Gasteiger partial charge >= 0.3 is 5.97 Å². The SMILES string of the molecule is CC1(C)\C(=C/C=C/C=C/C2N(CCCCS(=O)(=O)O)c3ccccc3C2(C)CCCCS(=O)(=O)O)N(CCCCCC(=O)O)c2ccc(S(=O)(=O)O)cc21. The summed E-state index contributed by atoms with van der Waals surface area (Å²) in [5, 5.41) is 9.04. The number of nitrogens with zero attached hydrogens (tertiary/aromatic N) is 2. The van der Waals surface area contributed by atoms with Crippen LogP contribution in [0.4, 0.5) is 11.4 Å². The average Bonchev–Trinajstić information content (AvgIpc) is 3.42. The first-order chi connectivity index (χ1) is 25.1. The highest BCUT2D eigenvalue weighted by atomic mass is 32.2. The van der Waals surface area contributed by atoms with Gasteiger partial charge in [-0.05, 0) is 80.0 Å². The van der Waals surface area contributed by atoms with Crippen LogP contribution in [0.3, 0.4) is 0 Å². The molecule has 16 heteroatoms. The molecular formula is C38H52N2O11S3. The topological polar surface area (TPSA) is 207 Å². The highest BCUT2D eigenvalue weighted by Gasteiger charge is 2.45. The number of carbonyl (C=O) groups is 1. The van der Waals surface area contributed by atoms with Gasteiger partial charge in [0.25, 0.3) is 30.4 Å². The van der Waals surface area contributed by atoms with E-state index in [1.807, 2.05) is 62.4 Å². The smallest absolute Gasteiger partial charge is 0.303 e. The monoisotopic (exact) mass is 808 g/mol. The number of hydrogen-bond donors (Lipinski definition) is 4. The van der Waals surface area contributed by atoms with Gasteiger partial charge in [0.1, 0.15) is 0 Å². The molecule has 2 aromatic rings. The fourth-order valence-corrected chi connectivity index (χ4v) is 9.37. The van der Waals surface area contributed by atoms with Crippen LogP contribution in [-0.4, -0.2) is 80.6 Å². The quantitative estimate of drug-likeness (QED) is 0.0637. The van der Waals surface area contributed by atoms with Gasteiger partial charge in [-0.1, -0.05) is 76.1 Å². The summed E-state index contributed by atoms with van der Waals surface area (Å²) in [6.07, 6.45) is 13.9. The fraction of sp³-hybridized carbons (Fsp3) is 0.500. The molecule has 2 unspecified atom stereocenters. The molecule has 4 N–H and O–H groups in total. The molecule has 0 aliphatic carbocycles. The zero-order chi connectivity index (χ0) is 40.0. The molecule has 2 aliphatic heterocycles. The van der Waals surface area contributed by atoms with Crippen LogP contribution in [0.25, 0.3) is 0 Å². The Kier molecular flexibility index (Phi) is 14.0. The lowest BCUT2D eigenvalue weighted by molar-refractivity contribution is -0.137. The van der Waals surface area contributed by atoms with Crippen molar-refractivity contribution in [3.05, 3.63) is 89.7 Å². The van der Waals surface area contributed by atoms with Gasteiger partial charge in [0, 0.05) is 47.4 Å². The first-order valence-corrected chi connectivity index (χ1v) is 22.7. The molecular weight excluding hydrogens is 757 g/mol. The molecule has 0 saturated carbocycles. The number of unbranched alkanes of at least 4 members (excludes halogenated alkanes) is 4. The number of fused-ring (bicyclic) bond motifs is 2. The van der Waals surface area contributed by atoms with Gasteiger partial charge in [-0.25, -0.2) is 0 Å². The summed E-state index contributed by atoms with van der Waals surface area (Å²) in [6, 6.07) is 12.3. The molecule has 2 heterocycles. The summed E-state index contributed by atoms with van der Waals surface area (Å²) >= 11 is 0. The molecule has 0 aromatic heterocycles. The van der Waals surface area contributed by atoms with Gasteiger partial charge < -0.3 is 14.9 Å². The van der Waals surface area contributed by atoms with E-state index in [-0.39, 0.29) is 41.7 Å². The Morgan fingerprint density at radius 3 is 2.04 bits per heavy atom. The predicted octanol–water partition coefficient (Wildman–Crippen LogP) is 6.54. The number of carboxylic acid groups (broad SMARTS) is 1. The zero-order valence-electron chi connectivity index (χ0n) is 31.0. The Hall–Kier alpha value is -3.54. The van der Waals surface area contributed by atoms with E-state index >= 15 is 0 Å². The number of hydrogen-bond acceptors (Lipinski definition) is 9. The molecule has 0 fully saturated rings. The van der Waals surface area contributed by atoms with Crippen molar-refractivity contribution in [2.24, 2.45) is 0 Å². The van der Waals surface area contributed by atoms with Gasteiger partial charge in [0.05, 0.1) is 22.4 Å². The zero-order valence-corrected chi connectivity index (χ0v) is 33.4. The normalized spacial score (nSPS) is 20.7. The maximum atomic E-state index is 12.0. The molecule has 13 nitrogen and oxygen atoms in total. The maximum absolute atomic E-state index is 12.0. The molecule has 54 heavy (non-hydrogen) atoms. The van der Waals surface area contributed by atoms with E-state index in [0.717, 1.165) is 28.2 Å². The Bertz CT molecular complexity index is 2090. The Labute approximate surface area is 319 Å². The second kappa shape index (κ2) is 17.5. The van der Waals surface area contributed by atoms with Crippen LogP contribution in [0.15, 0.2) is 83.4 Å². The first kappa shape index (κ1) is 43.2. The van der Waals surface area contributed by atoms with Crippen molar-refractivity contribution in [2.75, 3.05) is 34.4 Å². The minimum Gasteiger partial charge on any atom is -0.481 e. The van der Waals surface area contributed by atoms with Gasteiger partial charge in [-0.2, -0.15) is 25.3 Å². The Balaban J connectivity index is 1.64. The van der Waals surface area contributed by atoms with Crippen LogP contribution >= 0.6 is 0 Å². The molecule has 0 saturated heterocycles. The summed E-state index contributed by atoms with van der Waals surface area (Å²) < 4.78 is 98.0. The van der Waals surface area contributed by atoms with Gasteiger partial charge in [-0.15, -0.1) is 0 Å². The molecule has 4 rings (SSSR count). The largest absolute Gasteiger partial charge is 0.481 e. The van der Waals surface area contributed by atoms with E-state index in [2.05, 4.69) is 22.8 Å². The third-order valence-corrected chi connectivity index (χ3v) is 12.9. The van der Waals surface area contributed by atoms with E-state index in [1.54, 1.807) is 6.07 Å². The Morgan fingerprint density at radius 1 is 0.741 bits per heavy atom. The lowest BCUT2D eigenvalue weighted by atomic mass is 9.74. The minimum atomic E-state index is -4.43. The number of carboxylic acids is 1. The summed E-state index contributed by atoms with van der Waals surface area (Å²) in [5.41, 5.74) is 3.38. The molecule has 2 atom stereocenters. The van der Waals surface area contributed by atoms with Crippen molar-refractivity contribution in [2.45, 2.75) is 100 Å². The van der Waals surface area contributed by atoms with E-state index in [1.165, 1.54) is 12.1 Å². The summed E-state index contributed by atoms with van der Waals surface area (Å²) in [6.45, 7) is 7.14. The number of allylic oxidation sites excluding steroid dienone is 5. The minimum absolute atomic E-state index is 0.0786. The molecule has 0 spiro atoms. The fourth-order valence-electron chi connectivity index (χ4n) is 7.72. The van der Waals surface area contributed by atoms with Crippen LogP contribution in [0.1, 0.15) is 89.7 Å².